The first kappa shape index (κ1) is 16.3. The number of esters is 2. The number of carbonyl (C=O) groups excluding carboxylic acids is 2. The topological polar surface area (TPSA) is 52.6 Å². The van der Waals surface area contributed by atoms with E-state index in [9.17, 15) is 9.59 Å². The molecule has 0 radical (unpaired) electrons. The van der Waals surface area contributed by atoms with Gasteiger partial charge in [0.2, 0.25) is 0 Å². The molecule has 2 aromatic carbocycles. The number of para-hydroxylation sites is 1. The number of benzene rings is 2. The predicted octanol–water partition coefficient (Wildman–Crippen LogP) is 4.28. The van der Waals surface area contributed by atoms with Crippen LogP contribution in [0.1, 0.15) is 22.8 Å². The van der Waals surface area contributed by atoms with Gasteiger partial charge in [0, 0.05) is 22.5 Å². The largest absolute Gasteiger partial charge is 0.457 e. The van der Waals surface area contributed by atoms with Crippen molar-refractivity contribution in [2.75, 3.05) is 0 Å². The summed E-state index contributed by atoms with van der Waals surface area (Å²) < 4.78 is 10.2. The molecule has 22 heavy (non-hydrogen) atoms. The van der Waals surface area contributed by atoms with Gasteiger partial charge in [0.15, 0.2) is 0 Å². The van der Waals surface area contributed by atoms with Crippen LogP contribution in [0.4, 0.5) is 0 Å². The van der Waals surface area contributed by atoms with Crippen molar-refractivity contribution in [1.29, 1.82) is 0 Å². The van der Waals surface area contributed by atoms with Crippen LogP contribution in [0.25, 0.3) is 0 Å². The summed E-state index contributed by atoms with van der Waals surface area (Å²) >= 11 is 12.0. The molecule has 0 aromatic heterocycles. The van der Waals surface area contributed by atoms with Gasteiger partial charge in [-0.1, -0.05) is 41.4 Å². The average Bonchev–Trinajstić information content (AvgIpc) is 2.46. The first-order chi connectivity index (χ1) is 10.5. The molecule has 0 atom stereocenters. The number of rotatable bonds is 4. The molecular weight excluding hydrogens is 327 g/mol. The van der Waals surface area contributed by atoms with Gasteiger partial charge in [0.25, 0.3) is 0 Å². The van der Waals surface area contributed by atoms with Crippen molar-refractivity contribution in [1.82, 2.24) is 0 Å². The van der Waals surface area contributed by atoms with Crippen molar-refractivity contribution < 1.29 is 19.1 Å². The first-order valence-electron chi connectivity index (χ1n) is 6.36. The Bertz CT molecular complexity index is 693. The molecule has 114 valence electrons. The van der Waals surface area contributed by atoms with Crippen LogP contribution >= 0.6 is 23.2 Å². The zero-order valence-corrected chi connectivity index (χ0v) is 13.1. The fraction of sp³-hybridized carbons (Fsp3) is 0.125. The molecule has 0 fully saturated rings. The Morgan fingerprint density at radius 1 is 1.00 bits per heavy atom. The van der Waals surface area contributed by atoms with E-state index in [0.29, 0.717) is 15.6 Å². The van der Waals surface area contributed by atoms with Crippen LogP contribution in [0.2, 0.25) is 10.0 Å². The summed E-state index contributed by atoms with van der Waals surface area (Å²) in [5, 5.41) is 0.821. The lowest BCUT2D eigenvalue weighted by Crippen LogP contribution is -2.10. The fourth-order valence-corrected chi connectivity index (χ4v) is 2.27. The minimum Gasteiger partial charge on any atom is -0.457 e. The summed E-state index contributed by atoms with van der Waals surface area (Å²) in [4.78, 5) is 23.2. The normalized spacial score (nSPS) is 10.1. The van der Waals surface area contributed by atoms with E-state index in [1.807, 2.05) is 0 Å². The lowest BCUT2D eigenvalue weighted by atomic mass is 10.2. The van der Waals surface area contributed by atoms with Crippen molar-refractivity contribution in [2.45, 2.75) is 13.5 Å². The monoisotopic (exact) mass is 338 g/mol. The highest BCUT2D eigenvalue weighted by Gasteiger charge is 2.16. The van der Waals surface area contributed by atoms with E-state index in [0.717, 1.165) is 0 Å². The van der Waals surface area contributed by atoms with E-state index in [1.165, 1.54) is 19.1 Å². The third-order valence-corrected chi connectivity index (χ3v) is 3.48. The van der Waals surface area contributed by atoms with Gasteiger partial charge in [-0.25, -0.2) is 4.79 Å². The van der Waals surface area contributed by atoms with Crippen LogP contribution in [0.15, 0.2) is 42.5 Å². The molecule has 2 rings (SSSR count). The van der Waals surface area contributed by atoms with Crippen molar-refractivity contribution in [3.8, 4) is 5.75 Å². The molecule has 0 saturated heterocycles. The molecule has 0 aliphatic heterocycles. The standard InChI is InChI=1S/C16H12Cl2O4/c1-10(19)22-15-8-3-2-5-11(15)16(20)21-9-12-13(17)6-4-7-14(12)18/h2-8H,9H2,1H3. The molecule has 0 N–H and O–H groups in total. The lowest BCUT2D eigenvalue weighted by Gasteiger charge is -2.10. The summed E-state index contributed by atoms with van der Waals surface area (Å²) in [7, 11) is 0. The Kier molecular flexibility index (Phi) is 5.41. The minimum atomic E-state index is -0.632. The molecule has 6 heteroatoms. The highest BCUT2D eigenvalue weighted by atomic mass is 35.5. The minimum absolute atomic E-state index is 0.0776. The molecule has 0 aliphatic rings. The Balaban J connectivity index is 2.15. The van der Waals surface area contributed by atoms with Gasteiger partial charge in [-0.3, -0.25) is 4.79 Å². The predicted molar refractivity (Wildman–Crippen MR) is 83.3 cm³/mol. The number of hydrogen-bond donors (Lipinski definition) is 0. The fourth-order valence-electron chi connectivity index (χ4n) is 1.76. The Labute approximate surface area is 137 Å². The average molecular weight is 339 g/mol. The summed E-state index contributed by atoms with van der Waals surface area (Å²) in [5.74, 6) is -1.01. The van der Waals surface area contributed by atoms with Gasteiger partial charge in [0.1, 0.15) is 17.9 Å². The zero-order valence-electron chi connectivity index (χ0n) is 11.6. The quantitative estimate of drug-likeness (QED) is 0.616. The Hall–Kier alpha value is -2.04. The number of ether oxygens (including phenoxy) is 2. The van der Waals surface area contributed by atoms with E-state index >= 15 is 0 Å². The van der Waals surface area contributed by atoms with Crippen LogP contribution < -0.4 is 4.74 Å². The number of halogens is 2. The van der Waals surface area contributed by atoms with Crippen molar-refractivity contribution in [3.05, 3.63) is 63.6 Å². The van der Waals surface area contributed by atoms with Crippen LogP contribution in [-0.2, 0) is 16.1 Å². The Morgan fingerprint density at radius 2 is 1.64 bits per heavy atom. The second kappa shape index (κ2) is 7.29. The van der Waals surface area contributed by atoms with E-state index in [-0.39, 0.29) is 17.9 Å². The maximum atomic E-state index is 12.1. The Morgan fingerprint density at radius 3 is 2.27 bits per heavy atom. The number of hydrogen-bond acceptors (Lipinski definition) is 4. The molecule has 2 aromatic rings. The van der Waals surface area contributed by atoms with Gasteiger partial charge in [-0.2, -0.15) is 0 Å². The van der Waals surface area contributed by atoms with E-state index in [1.54, 1.807) is 30.3 Å². The van der Waals surface area contributed by atoms with Gasteiger partial charge in [0.05, 0.1) is 0 Å². The first-order valence-corrected chi connectivity index (χ1v) is 7.12. The smallest absolute Gasteiger partial charge is 0.342 e. The van der Waals surface area contributed by atoms with Crippen LogP contribution in [-0.4, -0.2) is 11.9 Å². The van der Waals surface area contributed by atoms with Crippen LogP contribution in [0.5, 0.6) is 5.75 Å². The highest BCUT2D eigenvalue weighted by Crippen LogP contribution is 2.26. The van der Waals surface area contributed by atoms with E-state index in [2.05, 4.69) is 0 Å². The second-order valence-electron chi connectivity index (χ2n) is 4.37. The maximum absolute atomic E-state index is 12.1. The van der Waals surface area contributed by atoms with Crippen LogP contribution in [0, 0.1) is 0 Å². The third kappa shape index (κ3) is 4.00. The molecule has 0 aliphatic carbocycles. The molecule has 0 spiro atoms. The van der Waals surface area contributed by atoms with Crippen molar-refractivity contribution >= 4 is 35.1 Å². The molecule has 0 heterocycles. The SMILES string of the molecule is CC(=O)Oc1ccccc1C(=O)OCc1c(Cl)cccc1Cl. The third-order valence-electron chi connectivity index (χ3n) is 2.77. The molecule has 0 unspecified atom stereocenters. The molecular formula is C16H12Cl2O4. The van der Waals surface area contributed by atoms with Gasteiger partial charge in [-0.15, -0.1) is 0 Å². The van der Waals surface area contributed by atoms with Crippen molar-refractivity contribution in [2.24, 2.45) is 0 Å². The summed E-state index contributed by atoms with van der Waals surface area (Å²) in [5.41, 5.74) is 0.671. The van der Waals surface area contributed by atoms with Gasteiger partial charge >= 0.3 is 11.9 Å². The van der Waals surface area contributed by atoms with Crippen molar-refractivity contribution in [3.63, 3.8) is 0 Å². The molecule has 0 bridgehead atoms. The zero-order chi connectivity index (χ0) is 16.1. The maximum Gasteiger partial charge on any atom is 0.342 e. The summed E-state index contributed by atoms with van der Waals surface area (Å²) in [6, 6.07) is 11.3. The van der Waals surface area contributed by atoms with E-state index < -0.39 is 11.9 Å². The van der Waals surface area contributed by atoms with Crippen LogP contribution in [0.3, 0.4) is 0 Å². The summed E-state index contributed by atoms with van der Waals surface area (Å²) in [6.07, 6.45) is 0. The molecule has 0 amide bonds. The van der Waals surface area contributed by atoms with E-state index in [4.69, 9.17) is 32.7 Å². The number of carbonyl (C=O) groups is 2. The highest BCUT2D eigenvalue weighted by molar-refractivity contribution is 6.35. The van der Waals surface area contributed by atoms with Gasteiger partial charge < -0.3 is 9.47 Å². The molecule has 4 nitrogen and oxygen atoms in total. The second-order valence-corrected chi connectivity index (χ2v) is 5.18. The molecule has 0 saturated carbocycles. The van der Waals surface area contributed by atoms with Gasteiger partial charge in [-0.05, 0) is 24.3 Å². The lowest BCUT2D eigenvalue weighted by molar-refractivity contribution is -0.131. The summed E-state index contributed by atoms with van der Waals surface area (Å²) in [6.45, 7) is 1.18.